The Kier molecular flexibility index (Phi) is 6.53. The number of benzene rings is 1. The zero-order valence-corrected chi connectivity index (χ0v) is 20.2. The smallest absolute Gasteiger partial charge is 0.263 e. The second-order valence-electron chi connectivity index (χ2n) is 9.36. The number of phenolic OH excluding ortho intramolecular Hbond substituents is 1. The Labute approximate surface area is 207 Å². The fourth-order valence-electron chi connectivity index (χ4n) is 5.46. The molecule has 2 heterocycles. The Balaban J connectivity index is 1.26. The summed E-state index contributed by atoms with van der Waals surface area (Å²) < 4.78 is 0. The molecule has 9 heteroatoms. The third kappa shape index (κ3) is 4.78. The highest BCUT2D eigenvalue weighted by Gasteiger charge is 2.51. The van der Waals surface area contributed by atoms with Crippen LogP contribution in [0.25, 0.3) is 10.7 Å². The van der Waals surface area contributed by atoms with Crippen LogP contribution in [0.3, 0.4) is 0 Å². The lowest BCUT2D eigenvalue weighted by Gasteiger charge is -2.31. The maximum Gasteiger partial charge on any atom is 0.263 e. The van der Waals surface area contributed by atoms with Crippen LogP contribution in [-0.4, -0.2) is 44.6 Å². The molecule has 5 rings (SSSR count). The van der Waals surface area contributed by atoms with E-state index in [-0.39, 0.29) is 47.9 Å². The zero-order chi connectivity index (χ0) is 24.5. The topological polar surface area (TPSA) is 124 Å². The van der Waals surface area contributed by atoms with Crippen LogP contribution < -0.4 is 10.6 Å². The lowest BCUT2D eigenvalue weighted by molar-refractivity contribution is -0.127. The molecule has 0 saturated heterocycles. The average molecular weight is 493 g/mol. The van der Waals surface area contributed by atoms with Gasteiger partial charge in [-0.1, -0.05) is 18.2 Å². The number of hydrogen-bond donors (Lipinski definition) is 4. The van der Waals surface area contributed by atoms with E-state index in [4.69, 9.17) is 0 Å². The number of carbonyl (C=O) groups excluding carboxylic acids is 2. The summed E-state index contributed by atoms with van der Waals surface area (Å²) in [6.45, 7) is 1.85. The van der Waals surface area contributed by atoms with E-state index in [1.165, 1.54) is 23.5 Å². The van der Waals surface area contributed by atoms with E-state index >= 15 is 0 Å². The molecule has 2 aliphatic carbocycles. The summed E-state index contributed by atoms with van der Waals surface area (Å²) in [5.74, 6) is -0.158. The first kappa shape index (κ1) is 23.4. The zero-order valence-electron chi connectivity index (χ0n) is 19.3. The van der Waals surface area contributed by atoms with Gasteiger partial charge in [-0.3, -0.25) is 14.6 Å². The highest BCUT2D eigenvalue weighted by Crippen LogP contribution is 2.48. The van der Waals surface area contributed by atoms with E-state index in [9.17, 15) is 19.8 Å². The SMILES string of the molecule is Cc1nc(-c2ccccn2)sc1C(=O)N[C@H]1[C@@H]2CC[C@H](C2)[C@H]1C(=O)NCC(O)c1cccc(O)c1. The number of rotatable bonds is 7. The van der Waals surface area contributed by atoms with Gasteiger partial charge in [0.15, 0.2) is 0 Å². The van der Waals surface area contributed by atoms with E-state index in [1.54, 1.807) is 18.3 Å². The maximum absolute atomic E-state index is 13.2. The molecule has 182 valence electrons. The number of thiazole rings is 1. The molecule has 2 amide bonds. The third-order valence-electron chi connectivity index (χ3n) is 7.13. The van der Waals surface area contributed by atoms with Gasteiger partial charge in [-0.05, 0) is 67.9 Å². The number of aromatic nitrogens is 2. The van der Waals surface area contributed by atoms with E-state index in [0.717, 1.165) is 25.0 Å². The molecule has 0 spiro atoms. The van der Waals surface area contributed by atoms with Crippen molar-refractivity contribution in [3.05, 3.63) is 64.8 Å². The monoisotopic (exact) mass is 492 g/mol. The number of pyridine rings is 1. The molecule has 8 nitrogen and oxygen atoms in total. The van der Waals surface area contributed by atoms with Crippen molar-refractivity contribution in [3.8, 4) is 16.5 Å². The van der Waals surface area contributed by atoms with Crippen LogP contribution in [0, 0.1) is 24.7 Å². The number of hydrogen-bond acceptors (Lipinski definition) is 7. The quantitative estimate of drug-likeness (QED) is 0.402. The fraction of sp³-hybridized carbons (Fsp3) is 0.385. The highest BCUT2D eigenvalue weighted by atomic mass is 32.1. The molecule has 0 radical (unpaired) electrons. The predicted octanol–water partition coefficient (Wildman–Crippen LogP) is 3.21. The van der Waals surface area contributed by atoms with Gasteiger partial charge in [-0.15, -0.1) is 11.3 Å². The van der Waals surface area contributed by atoms with Gasteiger partial charge in [-0.25, -0.2) is 4.98 Å². The molecule has 3 aromatic rings. The van der Waals surface area contributed by atoms with Crippen LogP contribution in [0.4, 0.5) is 0 Å². The van der Waals surface area contributed by atoms with Crippen LogP contribution in [0.2, 0.25) is 0 Å². The highest BCUT2D eigenvalue weighted by molar-refractivity contribution is 7.17. The van der Waals surface area contributed by atoms with Crippen LogP contribution in [0.1, 0.15) is 46.3 Å². The summed E-state index contributed by atoms with van der Waals surface area (Å²) in [6.07, 6.45) is 3.64. The van der Waals surface area contributed by atoms with Crippen molar-refractivity contribution >= 4 is 23.2 Å². The second kappa shape index (κ2) is 9.75. The van der Waals surface area contributed by atoms with Crippen LogP contribution in [0.15, 0.2) is 48.7 Å². The molecule has 35 heavy (non-hydrogen) atoms. The summed E-state index contributed by atoms with van der Waals surface area (Å²) in [4.78, 5) is 35.8. The van der Waals surface area contributed by atoms with E-state index in [0.29, 0.717) is 21.1 Å². The maximum atomic E-state index is 13.2. The number of aromatic hydroxyl groups is 1. The number of carbonyl (C=O) groups is 2. The lowest BCUT2D eigenvalue weighted by Crippen LogP contribution is -2.50. The molecule has 2 fully saturated rings. The molecule has 1 unspecified atom stereocenters. The van der Waals surface area contributed by atoms with Gasteiger partial charge in [-0.2, -0.15) is 0 Å². The van der Waals surface area contributed by atoms with Crippen molar-refractivity contribution in [2.45, 2.75) is 38.3 Å². The standard InChI is InChI=1S/C26H28N4O4S/c1-14-23(35-26(29-14)19-7-2-3-10-27-19)25(34)30-22-17-9-8-16(11-17)21(22)24(33)28-13-20(32)15-5-4-6-18(31)12-15/h2-7,10,12,16-17,20-22,31-32H,8-9,11,13H2,1H3,(H,28,33)(H,30,34)/t16-,17-,20?,21-,22+/m1/s1. The number of amides is 2. The number of aliphatic hydroxyl groups is 1. The molecule has 5 atom stereocenters. The Morgan fingerprint density at radius 1 is 1.17 bits per heavy atom. The van der Waals surface area contributed by atoms with Crippen molar-refractivity contribution in [2.75, 3.05) is 6.54 Å². The number of phenols is 1. The van der Waals surface area contributed by atoms with Gasteiger partial charge in [0.1, 0.15) is 15.6 Å². The average Bonchev–Trinajstić information content (AvgIpc) is 3.58. The minimum absolute atomic E-state index is 0.0399. The van der Waals surface area contributed by atoms with Crippen molar-refractivity contribution in [2.24, 2.45) is 17.8 Å². The van der Waals surface area contributed by atoms with Crippen LogP contribution in [-0.2, 0) is 4.79 Å². The Morgan fingerprint density at radius 3 is 2.77 bits per heavy atom. The summed E-state index contributed by atoms with van der Waals surface area (Å²) in [6, 6.07) is 11.7. The number of aliphatic hydroxyl groups excluding tert-OH is 1. The van der Waals surface area contributed by atoms with Crippen LogP contribution >= 0.6 is 11.3 Å². The number of nitrogens with one attached hydrogen (secondary N) is 2. The minimum Gasteiger partial charge on any atom is -0.508 e. The van der Waals surface area contributed by atoms with E-state index in [2.05, 4.69) is 20.6 Å². The Bertz CT molecular complexity index is 1230. The molecule has 1 aromatic carbocycles. The van der Waals surface area contributed by atoms with Crippen molar-refractivity contribution < 1.29 is 19.8 Å². The first-order valence-electron chi connectivity index (χ1n) is 11.8. The van der Waals surface area contributed by atoms with Gasteiger partial charge in [0.25, 0.3) is 5.91 Å². The molecule has 2 saturated carbocycles. The first-order valence-corrected chi connectivity index (χ1v) is 12.7. The molecule has 4 N–H and O–H groups in total. The van der Waals surface area contributed by atoms with Crippen molar-refractivity contribution in [1.82, 2.24) is 20.6 Å². The lowest BCUT2D eigenvalue weighted by atomic mass is 9.83. The third-order valence-corrected chi connectivity index (χ3v) is 8.31. The van der Waals surface area contributed by atoms with Crippen molar-refractivity contribution in [3.63, 3.8) is 0 Å². The summed E-state index contributed by atoms with van der Waals surface area (Å²) in [5, 5.41) is 26.8. The number of fused-ring (bicyclic) bond motifs is 2. The normalized spacial score (nSPS) is 23.7. The Morgan fingerprint density at radius 2 is 2.00 bits per heavy atom. The van der Waals surface area contributed by atoms with Gasteiger partial charge in [0.05, 0.1) is 23.4 Å². The predicted molar refractivity (Wildman–Crippen MR) is 132 cm³/mol. The van der Waals surface area contributed by atoms with Gasteiger partial charge < -0.3 is 20.8 Å². The number of nitrogens with zero attached hydrogens (tertiary/aromatic N) is 2. The summed E-state index contributed by atoms with van der Waals surface area (Å²) in [5.41, 5.74) is 1.90. The largest absolute Gasteiger partial charge is 0.508 e. The van der Waals surface area contributed by atoms with Gasteiger partial charge >= 0.3 is 0 Å². The van der Waals surface area contributed by atoms with Crippen molar-refractivity contribution in [1.29, 1.82) is 0 Å². The molecule has 2 bridgehead atoms. The molecular formula is C26H28N4O4S. The molecule has 2 aliphatic rings. The van der Waals surface area contributed by atoms with Gasteiger partial charge in [0, 0.05) is 18.8 Å². The Hall–Kier alpha value is -3.30. The number of aryl methyl sites for hydroxylation is 1. The van der Waals surface area contributed by atoms with Crippen LogP contribution in [0.5, 0.6) is 5.75 Å². The molecular weight excluding hydrogens is 464 g/mol. The first-order chi connectivity index (χ1) is 16.9. The minimum atomic E-state index is -0.928. The molecule has 2 aromatic heterocycles. The van der Waals surface area contributed by atoms with Gasteiger partial charge in [0.2, 0.25) is 5.91 Å². The molecule has 0 aliphatic heterocycles. The van der Waals surface area contributed by atoms with E-state index in [1.807, 2.05) is 25.1 Å². The summed E-state index contributed by atoms with van der Waals surface area (Å²) >= 11 is 1.31. The second-order valence-corrected chi connectivity index (χ2v) is 10.4. The fourth-order valence-corrected chi connectivity index (χ4v) is 6.41. The van der Waals surface area contributed by atoms with E-state index < -0.39 is 6.10 Å². The summed E-state index contributed by atoms with van der Waals surface area (Å²) in [7, 11) is 0.